The number of rotatable bonds is 2. The number of allylic oxidation sites excluding steroid dienone is 1. The van der Waals surface area contributed by atoms with Crippen LogP contribution in [-0.4, -0.2) is 11.4 Å². The Kier molecular flexibility index (Phi) is 2.75. The van der Waals surface area contributed by atoms with E-state index in [0.717, 1.165) is 12.8 Å². The maximum absolute atomic E-state index is 11.7. The molecule has 1 heterocycles. The van der Waals surface area contributed by atoms with E-state index in [1.54, 1.807) is 0 Å². The zero-order valence-electron chi connectivity index (χ0n) is 9.68. The molecule has 1 N–H and O–H groups in total. The molecule has 1 amide bonds. The first kappa shape index (κ1) is 11.3. The lowest BCUT2D eigenvalue weighted by atomic mass is 9.65. The molecule has 2 nitrogen and oxygen atoms in total. The fraction of sp³-hybridized carbons (Fsp3) is 0.750. The van der Waals surface area contributed by atoms with Crippen molar-refractivity contribution in [1.82, 2.24) is 5.32 Å². The molecule has 1 fully saturated rings. The molecule has 1 saturated heterocycles. The Bertz CT molecular complexity index is 253. The maximum Gasteiger partial charge on any atom is 0.223 e. The molecule has 0 aromatic carbocycles. The van der Waals surface area contributed by atoms with E-state index in [4.69, 9.17) is 0 Å². The predicted molar refractivity (Wildman–Crippen MR) is 58.9 cm³/mol. The van der Waals surface area contributed by atoms with E-state index in [-0.39, 0.29) is 22.8 Å². The summed E-state index contributed by atoms with van der Waals surface area (Å²) >= 11 is 0. The monoisotopic (exact) mass is 195 g/mol. The molecule has 80 valence electrons. The minimum Gasteiger partial charge on any atom is -0.350 e. The van der Waals surface area contributed by atoms with Gasteiger partial charge in [0.05, 0.1) is 0 Å². The second kappa shape index (κ2) is 3.41. The van der Waals surface area contributed by atoms with E-state index < -0.39 is 0 Å². The van der Waals surface area contributed by atoms with Crippen LogP contribution < -0.4 is 5.32 Å². The molecule has 0 aromatic heterocycles. The van der Waals surface area contributed by atoms with Crippen LogP contribution in [0.1, 0.15) is 40.5 Å². The molecular weight excluding hydrogens is 174 g/mol. The van der Waals surface area contributed by atoms with Gasteiger partial charge in [0, 0.05) is 11.5 Å². The van der Waals surface area contributed by atoms with Crippen molar-refractivity contribution in [3.8, 4) is 0 Å². The Hall–Kier alpha value is -0.790. The van der Waals surface area contributed by atoms with E-state index in [9.17, 15) is 4.79 Å². The van der Waals surface area contributed by atoms with Gasteiger partial charge in [0.1, 0.15) is 0 Å². The third-order valence-electron chi connectivity index (χ3n) is 3.71. The first-order valence-electron chi connectivity index (χ1n) is 5.23. The number of carbonyl (C=O) groups excluding carboxylic acids is 1. The summed E-state index contributed by atoms with van der Waals surface area (Å²) in [5.41, 5.74) is 0.0380. The lowest BCUT2D eigenvalue weighted by molar-refractivity contribution is -0.134. The summed E-state index contributed by atoms with van der Waals surface area (Å²) in [5.74, 6) is 0.282. The Morgan fingerprint density at radius 1 is 1.50 bits per heavy atom. The molecule has 0 spiro atoms. The first-order chi connectivity index (χ1) is 6.30. The van der Waals surface area contributed by atoms with Crippen molar-refractivity contribution < 1.29 is 4.79 Å². The van der Waals surface area contributed by atoms with Crippen molar-refractivity contribution in [2.75, 3.05) is 0 Å². The van der Waals surface area contributed by atoms with Gasteiger partial charge in [0.25, 0.3) is 0 Å². The summed E-state index contributed by atoms with van der Waals surface area (Å²) in [6.45, 7) is 12.3. The van der Waals surface area contributed by atoms with Crippen molar-refractivity contribution in [3.63, 3.8) is 0 Å². The van der Waals surface area contributed by atoms with Crippen LogP contribution in [0.15, 0.2) is 12.7 Å². The molecule has 0 bridgehead atoms. The SMILES string of the molecule is C=CCC1CC(C)(C)C(C)(C)NC1=O. The summed E-state index contributed by atoms with van der Waals surface area (Å²) in [6.07, 6.45) is 3.56. The fourth-order valence-electron chi connectivity index (χ4n) is 1.93. The Labute approximate surface area is 86.8 Å². The van der Waals surface area contributed by atoms with Crippen LogP contribution in [0.4, 0.5) is 0 Å². The minimum absolute atomic E-state index is 0.107. The number of amides is 1. The van der Waals surface area contributed by atoms with E-state index in [1.807, 2.05) is 6.08 Å². The van der Waals surface area contributed by atoms with Gasteiger partial charge in [-0.1, -0.05) is 19.9 Å². The summed E-state index contributed by atoms with van der Waals surface area (Å²) in [5, 5.41) is 3.09. The van der Waals surface area contributed by atoms with E-state index in [1.165, 1.54) is 0 Å². The van der Waals surface area contributed by atoms with Gasteiger partial charge in [-0.3, -0.25) is 4.79 Å². The molecular formula is C12H21NO. The summed E-state index contributed by atoms with van der Waals surface area (Å²) < 4.78 is 0. The average Bonchev–Trinajstić information content (AvgIpc) is 1.99. The van der Waals surface area contributed by atoms with E-state index >= 15 is 0 Å². The highest BCUT2D eigenvalue weighted by molar-refractivity contribution is 5.80. The Morgan fingerprint density at radius 3 is 2.57 bits per heavy atom. The molecule has 14 heavy (non-hydrogen) atoms. The third kappa shape index (κ3) is 1.84. The Balaban J connectivity index is 2.83. The largest absolute Gasteiger partial charge is 0.350 e. The van der Waals surface area contributed by atoms with E-state index in [0.29, 0.717) is 0 Å². The molecule has 1 aliphatic rings. The molecule has 1 rings (SSSR count). The number of nitrogens with one attached hydrogen (secondary N) is 1. The zero-order valence-corrected chi connectivity index (χ0v) is 9.68. The van der Waals surface area contributed by atoms with Crippen molar-refractivity contribution in [3.05, 3.63) is 12.7 Å². The van der Waals surface area contributed by atoms with Crippen molar-refractivity contribution in [2.24, 2.45) is 11.3 Å². The Morgan fingerprint density at radius 2 is 2.07 bits per heavy atom. The van der Waals surface area contributed by atoms with Gasteiger partial charge in [-0.05, 0) is 32.1 Å². The quantitative estimate of drug-likeness (QED) is 0.674. The van der Waals surface area contributed by atoms with Crippen LogP contribution >= 0.6 is 0 Å². The van der Waals surface area contributed by atoms with Crippen LogP contribution in [0, 0.1) is 11.3 Å². The maximum atomic E-state index is 11.7. The smallest absolute Gasteiger partial charge is 0.223 e. The first-order valence-corrected chi connectivity index (χ1v) is 5.23. The molecule has 1 atom stereocenters. The molecule has 0 aliphatic carbocycles. The molecule has 0 aromatic rings. The second-order valence-corrected chi connectivity index (χ2v) is 5.42. The van der Waals surface area contributed by atoms with Crippen LogP contribution in [0.5, 0.6) is 0 Å². The third-order valence-corrected chi connectivity index (χ3v) is 3.71. The highest BCUT2D eigenvalue weighted by atomic mass is 16.2. The predicted octanol–water partition coefficient (Wildman–Crippen LogP) is 2.50. The zero-order chi connectivity index (χ0) is 11.0. The molecule has 1 aliphatic heterocycles. The molecule has 1 unspecified atom stereocenters. The summed E-state index contributed by atoms with van der Waals surface area (Å²) in [7, 11) is 0. The van der Waals surface area contributed by atoms with Gasteiger partial charge in [-0.25, -0.2) is 0 Å². The topological polar surface area (TPSA) is 29.1 Å². The van der Waals surface area contributed by atoms with Gasteiger partial charge >= 0.3 is 0 Å². The standard InChI is InChI=1S/C12H21NO/c1-6-7-9-8-11(2,3)12(4,5)13-10(9)14/h6,9H,1,7-8H2,2-5H3,(H,13,14). The van der Waals surface area contributed by atoms with E-state index in [2.05, 4.69) is 39.6 Å². The van der Waals surface area contributed by atoms with Gasteiger partial charge in [0.15, 0.2) is 0 Å². The lowest BCUT2D eigenvalue weighted by Crippen LogP contribution is -2.60. The summed E-state index contributed by atoms with van der Waals surface area (Å²) in [4.78, 5) is 11.7. The van der Waals surface area contributed by atoms with Gasteiger partial charge < -0.3 is 5.32 Å². The number of hydrogen-bond acceptors (Lipinski definition) is 1. The highest BCUT2D eigenvalue weighted by Crippen LogP contribution is 2.41. The minimum atomic E-state index is -0.109. The highest BCUT2D eigenvalue weighted by Gasteiger charge is 2.45. The van der Waals surface area contributed by atoms with Crippen molar-refractivity contribution in [2.45, 2.75) is 46.1 Å². The van der Waals surface area contributed by atoms with Crippen molar-refractivity contribution >= 4 is 5.91 Å². The second-order valence-electron chi connectivity index (χ2n) is 5.42. The van der Waals surface area contributed by atoms with Crippen LogP contribution in [0.25, 0.3) is 0 Å². The lowest BCUT2D eigenvalue weighted by Gasteiger charge is -2.48. The molecule has 0 radical (unpaired) electrons. The van der Waals surface area contributed by atoms with Crippen LogP contribution in [0.2, 0.25) is 0 Å². The number of carbonyl (C=O) groups is 1. The number of piperidine rings is 1. The van der Waals surface area contributed by atoms with Crippen molar-refractivity contribution in [1.29, 1.82) is 0 Å². The fourth-order valence-corrected chi connectivity index (χ4v) is 1.93. The number of hydrogen-bond donors (Lipinski definition) is 1. The normalized spacial score (nSPS) is 29.4. The van der Waals surface area contributed by atoms with Crippen LogP contribution in [0.3, 0.4) is 0 Å². The average molecular weight is 195 g/mol. The van der Waals surface area contributed by atoms with Gasteiger partial charge in [-0.15, -0.1) is 6.58 Å². The van der Waals surface area contributed by atoms with Gasteiger partial charge in [-0.2, -0.15) is 0 Å². The van der Waals surface area contributed by atoms with Gasteiger partial charge in [0.2, 0.25) is 5.91 Å². The summed E-state index contributed by atoms with van der Waals surface area (Å²) in [6, 6.07) is 0. The van der Waals surface area contributed by atoms with Crippen LogP contribution in [-0.2, 0) is 4.79 Å². The molecule has 2 heteroatoms. The molecule has 0 saturated carbocycles.